The Balaban J connectivity index is 1.21. The highest BCUT2D eigenvalue weighted by atomic mass is 16.7. The van der Waals surface area contributed by atoms with Crippen LogP contribution in [0.2, 0.25) is 0 Å². The Morgan fingerprint density at radius 2 is 1.79 bits per heavy atom. The zero-order valence-electron chi connectivity index (χ0n) is 18.8. The van der Waals surface area contributed by atoms with E-state index < -0.39 is 0 Å². The second kappa shape index (κ2) is 10.1. The predicted molar refractivity (Wildman–Crippen MR) is 125 cm³/mol. The molecule has 1 saturated heterocycles. The number of amides is 1. The van der Waals surface area contributed by atoms with Gasteiger partial charge in [0.1, 0.15) is 5.76 Å². The Hall–Kier alpha value is -3.25. The van der Waals surface area contributed by atoms with E-state index >= 15 is 0 Å². The van der Waals surface area contributed by atoms with Crippen LogP contribution in [0.4, 0.5) is 0 Å². The smallest absolute Gasteiger partial charge is 0.254 e. The molecule has 0 radical (unpaired) electrons. The van der Waals surface area contributed by atoms with Crippen molar-refractivity contribution in [2.75, 3.05) is 26.4 Å². The summed E-state index contributed by atoms with van der Waals surface area (Å²) in [5.41, 5.74) is 2.02. The average molecular weight is 447 g/mol. The number of hydrogen-bond donors (Lipinski definition) is 0. The van der Waals surface area contributed by atoms with E-state index in [4.69, 9.17) is 13.9 Å². The Bertz CT molecular complexity index is 1040. The molecule has 0 saturated carbocycles. The Labute approximate surface area is 194 Å². The zero-order valence-corrected chi connectivity index (χ0v) is 18.8. The quantitative estimate of drug-likeness (QED) is 0.500. The summed E-state index contributed by atoms with van der Waals surface area (Å²) in [6, 6.07) is 20.1. The van der Waals surface area contributed by atoms with Crippen LogP contribution in [-0.2, 0) is 13.0 Å². The molecule has 1 fully saturated rings. The molecule has 3 heterocycles. The normalized spacial score (nSPS) is 16.1. The van der Waals surface area contributed by atoms with Gasteiger partial charge in [-0.2, -0.15) is 0 Å². The summed E-state index contributed by atoms with van der Waals surface area (Å²) in [5.74, 6) is 2.13. The number of fused-ring (bicyclic) bond motifs is 1. The number of ether oxygens (including phenoxy) is 2. The minimum atomic E-state index is 0.00669. The SMILES string of the molecule is O=C(c1ccc2c(c1)OCO2)N(Cc1ccco1)C1CCN(CCCc2ccccc2)CC1. The van der Waals surface area contributed by atoms with E-state index in [1.54, 1.807) is 12.3 Å². The minimum Gasteiger partial charge on any atom is -0.467 e. The first-order chi connectivity index (χ1) is 16.3. The molecule has 2 aliphatic heterocycles. The van der Waals surface area contributed by atoms with Crippen molar-refractivity contribution in [1.82, 2.24) is 9.80 Å². The van der Waals surface area contributed by atoms with Crippen LogP contribution < -0.4 is 9.47 Å². The van der Waals surface area contributed by atoms with Crippen molar-refractivity contribution in [1.29, 1.82) is 0 Å². The Morgan fingerprint density at radius 1 is 0.970 bits per heavy atom. The number of rotatable bonds is 8. The molecular formula is C27H30N2O4. The number of benzene rings is 2. The fourth-order valence-corrected chi connectivity index (χ4v) is 4.74. The van der Waals surface area contributed by atoms with Gasteiger partial charge in [-0.25, -0.2) is 0 Å². The third-order valence-corrected chi connectivity index (χ3v) is 6.57. The lowest BCUT2D eigenvalue weighted by molar-refractivity contribution is 0.0529. The largest absolute Gasteiger partial charge is 0.467 e. The fourth-order valence-electron chi connectivity index (χ4n) is 4.74. The number of nitrogens with zero attached hydrogens (tertiary/aromatic N) is 2. The van der Waals surface area contributed by atoms with Gasteiger partial charge >= 0.3 is 0 Å². The highest BCUT2D eigenvalue weighted by Crippen LogP contribution is 2.33. The average Bonchev–Trinajstić information content (AvgIpc) is 3.55. The molecule has 5 rings (SSSR count). The number of carbonyl (C=O) groups is 1. The second-order valence-electron chi connectivity index (χ2n) is 8.74. The van der Waals surface area contributed by atoms with Crippen LogP contribution in [0.25, 0.3) is 0 Å². The molecule has 33 heavy (non-hydrogen) atoms. The first kappa shape index (κ1) is 21.6. The maximum atomic E-state index is 13.6. The van der Waals surface area contributed by atoms with Crippen LogP contribution >= 0.6 is 0 Å². The van der Waals surface area contributed by atoms with Crippen LogP contribution in [0, 0.1) is 0 Å². The fraction of sp³-hybridized carbons (Fsp3) is 0.370. The van der Waals surface area contributed by atoms with Crippen molar-refractivity contribution in [2.24, 2.45) is 0 Å². The molecule has 172 valence electrons. The highest BCUT2D eigenvalue weighted by molar-refractivity contribution is 5.95. The van der Waals surface area contributed by atoms with Crippen molar-refractivity contribution in [3.8, 4) is 11.5 Å². The summed E-state index contributed by atoms with van der Waals surface area (Å²) in [7, 11) is 0. The molecule has 0 N–H and O–H groups in total. The van der Waals surface area contributed by atoms with Gasteiger partial charge in [0.25, 0.3) is 5.91 Å². The van der Waals surface area contributed by atoms with E-state index in [0.717, 1.165) is 51.1 Å². The van der Waals surface area contributed by atoms with E-state index in [0.29, 0.717) is 23.6 Å². The molecule has 0 unspecified atom stereocenters. The molecule has 2 aromatic carbocycles. The zero-order chi connectivity index (χ0) is 22.5. The molecule has 0 atom stereocenters. The van der Waals surface area contributed by atoms with Gasteiger partial charge in [-0.3, -0.25) is 4.79 Å². The summed E-state index contributed by atoms with van der Waals surface area (Å²) < 4.78 is 16.5. The van der Waals surface area contributed by atoms with Gasteiger partial charge in [0.15, 0.2) is 11.5 Å². The van der Waals surface area contributed by atoms with Crippen LogP contribution in [0.15, 0.2) is 71.3 Å². The molecule has 0 bridgehead atoms. The number of carbonyl (C=O) groups excluding carboxylic acids is 1. The van der Waals surface area contributed by atoms with E-state index in [-0.39, 0.29) is 18.7 Å². The highest BCUT2D eigenvalue weighted by Gasteiger charge is 2.30. The third-order valence-electron chi connectivity index (χ3n) is 6.57. The van der Waals surface area contributed by atoms with Gasteiger partial charge in [-0.15, -0.1) is 0 Å². The summed E-state index contributed by atoms with van der Waals surface area (Å²) in [4.78, 5) is 18.0. The number of piperidine rings is 1. The van der Waals surface area contributed by atoms with Crippen molar-refractivity contribution in [2.45, 2.75) is 38.3 Å². The summed E-state index contributed by atoms with van der Waals surface area (Å²) in [6.45, 7) is 3.77. The molecule has 0 aliphatic carbocycles. The molecule has 2 aliphatic rings. The van der Waals surface area contributed by atoms with E-state index in [1.807, 2.05) is 29.2 Å². The van der Waals surface area contributed by atoms with Crippen LogP contribution in [-0.4, -0.2) is 48.2 Å². The second-order valence-corrected chi connectivity index (χ2v) is 8.74. The molecule has 0 spiro atoms. The third kappa shape index (κ3) is 5.22. The van der Waals surface area contributed by atoms with Crippen LogP contribution in [0.3, 0.4) is 0 Å². The topological polar surface area (TPSA) is 55.2 Å². The minimum absolute atomic E-state index is 0.00669. The lowest BCUT2D eigenvalue weighted by Crippen LogP contribution is -2.47. The van der Waals surface area contributed by atoms with Gasteiger partial charge < -0.3 is 23.7 Å². The lowest BCUT2D eigenvalue weighted by Gasteiger charge is -2.38. The van der Waals surface area contributed by atoms with Gasteiger partial charge in [0.05, 0.1) is 12.8 Å². The standard InChI is InChI=1S/C27H30N2O4/c30-27(22-10-11-25-26(18-22)33-20-32-25)29(19-24-9-5-17-31-24)23-12-15-28(16-13-23)14-4-8-21-6-2-1-3-7-21/h1-3,5-7,9-11,17-18,23H,4,8,12-16,19-20H2. The van der Waals surface area contributed by atoms with E-state index in [1.165, 1.54) is 5.56 Å². The number of aryl methyl sites for hydroxylation is 1. The molecule has 6 heteroatoms. The first-order valence-electron chi connectivity index (χ1n) is 11.8. The molecule has 1 amide bonds. The van der Waals surface area contributed by atoms with E-state index in [9.17, 15) is 4.79 Å². The molecule has 6 nitrogen and oxygen atoms in total. The summed E-state index contributed by atoms with van der Waals surface area (Å²) >= 11 is 0. The number of furan rings is 1. The van der Waals surface area contributed by atoms with Crippen molar-refractivity contribution in [3.05, 3.63) is 83.8 Å². The molecular weight excluding hydrogens is 416 g/mol. The maximum absolute atomic E-state index is 13.6. The maximum Gasteiger partial charge on any atom is 0.254 e. The molecule has 3 aromatic rings. The van der Waals surface area contributed by atoms with Gasteiger partial charge in [0.2, 0.25) is 6.79 Å². The number of likely N-dealkylation sites (tertiary alicyclic amines) is 1. The summed E-state index contributed by atoms with van der Waals surface area (Å²) in [5, 5.41) is 0. The van der Waals surface area contributed by atoms with Gasteiger partial charge in [0, 0.05) is 24.7 Å². The van der Waals surface area contributed by atoms with Crippen molar-refractivity contribution < 1.29 is 18.7 Å². The van der Waals surface area contributed by atoms with E-state index in [2.05, 4.69) is 35.2 Å². The van der Waals surface area contributed by atoms with Crippen molar-refractivity contribution in [3.63, 3.8) is 0 Å². The van der Waals surface area contributed by atoms with Gasteiger partial charge in [-0.05, 0) is 68.1 Å². The number of hydrogen-bond acceptors (Lipinski definition) is 5. The van der Waals surface area contributed by atoms with Gasteiger partial charge in [-0.1, -0.05) is 30.3 Å². The lowest BCUT2D eigenvalue weighted by atomic mass is 10.0. The monoisotopic (exact) mass is 446 g/mol. The van der Waals surface area contributed by atoms with Crippen LogP contribution in [0.1, 0.15) is 40.9 Å². The summed E-state index contributed by atoms with van der Waals surface area (Å²) in [6.07, 6.45) is 5.84. The predicted octanol–water partition coefficient (Wildman–Crippen LogP) is 4.75. The first-order valence-corrected chi connectivity index (χ1v) is 11.8. The van der Waals surface area contributed by atoms with Crippen LogP contribution in [0.5, 0.6) is 11.5 Å². The molecule has 1 aromatic heterocycles. The van der Waals surface area contributed by atoms with Crippen molar-refractivity contribution >= 4 is 5.91 Å². The Kier molecular flexibility index (Phi) is 6.63. The Morgan fingerprint density at radius 3 is 2.58 bits per heavy atom.